The molecule has 0 aliphatic rings. The first-order valence-electron chi connectivity index (χ1n) is 6.62. The third kappa shape index (κ3) is 3.41. The molecule has 0 fully saturated rings. The third-order valence-corrected chi connectivity index (χ3v) is 4.82. The van der Waals surface area contributed by atoms with Crippen LogP contribution in [0.1, 0.15) is 35.6 Å². The van der Waals surface area contributed by atoms with E-state index in [0.717, 1.165) is 22.7 Å². The van der Waals surface area contributed by atoms with Crippen molar-refractivity contribution in [3.63, 3.8) is 0 Å². The van der Waals surface area contributed by atoms with E-state index in [9.17, 15) is 9.90 Å². The van der Waals surface area contributed by atoms with Gasteiger partial charge < -0.3 is 5.11 Å². The topological polar surface area (TPSA) is 50.2 Å². The second kappa shape index (κ2) is 6.90. The van der Waals surface area contributed by atoms with Crippen molar-refractivity contribution in [1.29, 1.82) is 0 Å². The molecular weight excluding hydrogens is 290 g/mol. The Balaban J connectivity index is 2.32. The van der Waals surface area contributed by atoms with Crippen molar-refractivity contribution >= 4 is 29.1 Å². The first-order chi connectivity index (χ1) is 9.65. The number of thiazole rings is 1. The van der Waals surface area contributed by atoms with Crippen LogP contribution in [0.3, 0.4) is 0 Å². The van der Waals surface area contributed by atoms with Gasteiger partial charge in [0.2, 0.25) is 0 Å². The van der Waals surface area contributed by atoms with E-state index in [0.29, 0.717) is 17.0 Å². The summed E-state index contributed by atoms with van der Waals surface area (Å²) in [4.78, 5) is 17.3. The molecule has 2 rings (SSSR count). The Morgan fingerprint density at radius 2 is 2.00 bits per heavy atom. The molecule has 0 aliphatic heterocycles. The Kier molecular flexibility index (Phi) is 5.20. The van der Waals surface area contributed by atoms with Gasteiger partial charge in [0.25, 0.3) is 0 Å². The first kappa shape index (κ1) is 15.1. The molecule has 0 atom stereocenters. The zero-order valence-electron chi connectivity index (χ0n) is 11.5. The van der Waals surface area contributed by atoms with Crippen LogP contribution >= 0.6 is 23.1 Å². The van der Waals surface area contributed by atoms with Gasteiger partial charge in [0.1, 0.15) is 9.88 Å². The molecule has 106 valence electrons. The lowest BCUT2D eigenvalue weighted by molar-refractivity contribution is 0.0700. The van der Waals surface area contributed by atoms with Crippen molar-refractivity contribution in [2.24, 2.45) is 0 Å². The molecule has 0 radical (unpaired) electrons. The molecule has 0 aliphatic carbocycles. The number of aromatic nitrogens is 1. The van der Waals surface area contributed by atoms with Crippen LogP contribution in [-0.2, 0) is 6.42 Å². The van der Waals surface area contributed by atoms with E-state index < -0.39 is 5.97 Å². The van der Waals surface area contributed by atoms with Crippen LogP contribution in [0, 0.1) is 0 Å². The van der Waals surface area contributed by atoms with Gasteiger partial charge in [-0.3, -0.25) is 0 Å². The maximum Gasteiger partial charge on any atom is 0.347 e. The second-order valence-electron chi connectivity index (χ2n) is 4.31. The summed E-state index contributed by atoms with van der Waals surface area (Å²) in [5.41, 5.74) is 1.69. The van der Waals surface area contributed by atoms with Gasteiger partial charge in [0.15, 0.2) is 0 Å². The number of rotatable bonds is 6. The van der Waals surface area contributed by atoms with Crippen LogP contribution in [0.25, 0.3) is 10.6 Å². The summed E-state index contributed by atoms with van der Waals surface area (Å²) in [6.07, 6.45) is 1.61. The van der Waals surface area contributed by atoms with Crippen LogP contribution < -0.4 is 0 Å². The van der Waals surface area contributed by atoms with Crippen molar-refractivity contribution in [3.05, 3.63) is 34.8 Å². The number of aromatic carboxylic acids is 1. The van der Waals surface area contributed by atoms with Gasteiger partial charge in [-0.15, -0.1) is 23.1 Å². The van der Waals surface area contributed by atoms with Gasteiger partial charge in [-0.25, -0.2) is 9.78 Å². The minimum atomic E-state index is -0.879. The second-order valence-corrected chi connectivity index (χ2v) is 6.64. The predicted molar refractivity (Wildman–Crippen MR) is 84.9 cm³/mol. The van der Waals surface area contributed by atoms with Crippen LogP contribution in [0.5, 0.6) is 0 Å². The summed E-state index contributed by atoms with van der Waals surface area (Å²) >= 11 is 3.05. The van der Waals surface area contributed by atoms with Gasteiger partial charge in [0, 0.05) is 10.5 Å². The van der Waals surface area contributed by atoms with Crippen molar-refractivity contribution in [2.45, 2.75) is 31.6 Å². The monoisotopic (exact) mass is 307 g/mol. The lowest BCUT2D eigenvalue weighted by atomic mass is 10.2. The van der Waals surface area contributed by atoms with E-state index in [-0.39, 0.29) is 0 Å². The lowest BCUT2D eigenvalue weighted by Crippen LogP contribution is -1.98. The van der Waals surface area contributed by atoms with E-state index in [1.807, 2.05) is 19.1 Å². The molecule has 0 saturated heterocycles. The molecule has 0 spiro atoms. The Morgan fingerprint density at radius 3 is 2.55 bits per heavy atom. The molecule has 1 aromatic carbocycles. The smallest absolute Gasteiger partial charge is 0.347 e. The fourth-order valence-electron chi connectivity index (χ4n) is 1.91. The fourth-order valence-corrected chi connectivity index (χ4v) is 3.53. The largest absolute Gasteiger partial charge is 0.477 e. The SMILES string of the molecule is CCCc1nc(-c2ccc(SCC)cc2)sc1C(=O)O. The molecular formula is C15H17NO2S2. The number of hydrogen-bond donors (Lipinski definition) is 1. The zero-order valence-corrected chi connectivity index (χ0v) is 13.2. The Labute approximate surface area is 127 Å². The molecule has 0 saturated carbocycles. The highest BCUT2D eigenvalue weighted by Gasteiger charge is 2.17. The van der Waals surface area contributed by atoms with Gasteiger partial charge >= 0.3 is 5.97 Å². The summed E-state index contributed by atoms with van der Waals surface area (Å²) in [6, 6.07) is 8.14. The number of nitrogens with zero attached hydrogens (tertiary/aromatic N) is 1. The average molecular weight is 307 g/mol. The standard InChI is InChI=1S/C15H17NO2S2/c1-3-5-12-13(15(17)18)20-14(16-12)10-6-8-11(9-7-10)19-4-2/h6-9H,3-5H2,1-2H3,(H,17,18). The number of benzene rings is 1. The van der Waals surface area contributed by atoms with E-state index >= 15 is 0 Å². The molecule has 1 heterocycles. The summed E-state index contributed by atoms with van der Waals surface area (Å²) in [6.45, 7) is 4.15. The van der Waals surface area contributed by atoms with Gasteiger partial charge in [0.05, 0.1) is 5.69 Å². The summed E-state index contributed by atoms with van der Waals surface area (Å²) in [5, 5.41) is 10.0. The van der Waals surface area contributed by atoms with E-state index in [4.69, 9.17) is 0 Å². The summed E-state index contributed by atoms with van der Waals surface area (Å²) in [7, 11) is 0. The van der Waals surface area contributed by atoms with Gasteiger partial charge in [-0.2, -0.15) is 0 Å². The summed E-state index contributed by atoms with van der Waals surface area (Å²) in [5.74, 6) is 0.163. The third-order valence-electron chi connectivity index (χ3n) is 2.79. The quantitative estimate of drug-likeness (QED) is 0.794. The Hall–Kier alpha value is -1.33. The van der Waals surface area contributed by atoms with Crippen molar-refractivity contribution < 1.29 is 9.90 Å². The predicted octanol–water partition coefficient (Wildman–Crippen LogP) is 4.57. The number of aryl methyl sites for hydroxylation is 1. The molecule has 0 amide bonds. The molecule has 0 bridgehead atoms. The normalized spacial score (nSPS) is 10.7. The molecule has 20 heavy (non-hydrogen) atoms. The highest BCUT2D eigenvalue weighted by atomic mass is 32.2. The lowest BCUT2D eigenvalue weighted by Gasteiger charge is -2.00. The number of carbonyl (C=O) groups is 1. The van der Waals surface area contributed by atoms with Crippen molar-refractivity contribution in [2.75, 3.05) is 5.75 Å². The minimum Gasteiger partial charge on any atom is -0.477 e. The molecule has 5 heteroatoms. The zero-order chi connectivity index (χ0) is 14.5. The maximum atomic E-state index is 11.2. The molecule has 0 unspecified atom stereocenters. The molecule has 1 N–H and O–H groups in total. The van der Waals surface area contributed by atoms with Crippen LogP contribution in [0.15, 0.2) is 29.2 Å². The molecule has 3 nitrogen and oxygen atoms in total. The highest BCUT2D eigenvalue weighted by molar-refractivity contribution is 7.99. The number of thioether (sulfide) groups is 1. The van der Waals surface area contributed by atoms with Crippen molar-refractivity contribution in [3.8, 4) is 10.6 Å². The van der Waals surface area contributed by atoms with E-state index in [2.05, 4.69) is 24.0 Å². The van der Waals surface area contributed by atoms with Gasteiger partial charge in [-0.05, 0) is 24.3 Å². The molecule has 2 aromatic rings. The van der Waals surface area contributed by atoms with E-state index in [1.165, 1.54) is 16.2 Å². The number of carboxylic acids is 1. The maximum absolute atomic E-state index is 11.2. The van der Waals surface area contributed by atoms with Crippen LogP contribution in [0.2, 0.25) is 0 Å². The van der Waals surface area contributed by atoms with E-state index in [1.54, 1.807) is 11.8 Å². The van der Waals surface area contributed by atoms with Gasteiger partial charge in [-0.1, -0.05) is 32.4 Å². The van der Waals surface area contributed by atoms with Crippen LogP contribution in [-0.4, -0.2) is 21.8 Å². The fraction of sp³-hybridized carbons (Fsp3) is 0.333. The Bertz CT molecular complexity index is 590. The Morgan fingerprint density at radius 1 is 1.30 bits per heavy atom. The van der Waals surface area contributed by atoms with Crippen molar-refractivity contribution in [1.82, 2.24) is 4.98 Å². The minimum absolute atomic E-state index is 0.369. The highest BCUT2D eigenvalue weighted by Crippen LogP contribution is 2.30. The number of carboxylic acid groups (broad SMARTS) is 1. The van der Waals surface area contributed by atoms with Crippen LogP contribution in [0.4, 0.5) is 0 Å². The molecule has 1 aromatic heterocycles. The average Bonchev–Trinajstić information content (AvgIpc) is 2.85. The number of hydrogen-bond acceptors (Lipinski definition) is 4. The summed E-state index contributed by atoms with van der Waals surface area (Å²) < 4.78 is 0. The first-order valence-corrected chi connectivity index (χ1v) is 8.42.